The average molecular weight is 387 g/mol. The van der Waals surface area contributed by atoms with Crippen LogP contribution in [0.25, 0.3) is 0 Å². The summed E-state index contributed by atoms with van der Waals surface area (Å²) in [6.45, 7) is 4.97. The van der Waals surface area contributed by atoms with Gasteiger partial charge in [0.15, 0.2) is 0 Å². The lowest BCUT2D eigenvalue weighted by molar-refractivity contribution is 0.250. The van der Waals surface area contributed by atoms with Gasteiger partial charge in [0.2, 0.25) is 0 Å². The van der Waals surface area contributed by atoms with Crippen molar-refractivity contribution in [1.82, 2.24) is 9.88 Å². The molecule has 2 heterocycles. The highest BCUT2D eigenvalue weighted by molar-refractivity contribution is 5.99. The van der Waals surface area contributed by atoms with Crippen molar-refractivity contribution in [3.63, 3.8) is 0 Å². The molecule has 0 unspecified atom stereocenters. The number of rotatable bonds is 5. The highest BCUT2D eigenvalue weighted by Gasteiger charge is 2.17. The average Bonchev–Trinajstić information content (AvgIpc) is 2.76. The number of carbonyl (C=O) groups excluding carboxylic acids is 1. The van der Waals surface area contributed by atoms with Gasteiger partial charge in [0, 0.05) is 38.4 Å². The maximum absolute atomic E-state index is 12.1. The van der Waals surface area contributed by atoms with Gasteiger partial charge in [-0.05, 0) is 29.8 Å². The van der Waals surface area contributed by atoms with Crippen molar-refractivity contribution in [1.29, 1.82) is 0 Å². The number of para-hydroxylation sites is 1. The van der Waals surface area contributed by atoms with Crippen molar-refractivity contribution >= 4 is 23.2 Å². The van der Waals surface area contributed by atoms with E-state index < -0.39 is 0 Å². The van der Waals surface area contributed by atoms with Crippen LogP contribution in [0.4, 0.5) is 22.0 Å². The molecule has 2 N–H and O–H groups in total. The Labute approximate surface area is 171 Å². The summed E-state index contributed by atoms with van der Waals surface area (Å²) < 4.78 is 0. The van der Waals surface area contributed by atoms with E-state index in [4.69, 9.17) is 0 Å². The molecule has 0 saturated carbocycles. The Morgan fingerprint density at radius 1 is 0.828 bits per heavy atom. The van der Waals surface area contributed by atoms with Crippen LogP contribution in [-0.4, -0.2) is 42.1 Å². The van der Waals surface area contributed by atoms with Crippen molar-refractivity contribution in [2.75, 3.05) is 41.7 Å². The molecule has 0 aliphatic carbocycles. The predicted molar refractivity (Wildman–Crippen MR) is 117 cm³/mol. The summed E-state index contributed by atoms with van der Waals surface area (Å²) in [6.07, 6.45) is 1.82. The maximum Gasteiger partial charge on any atom is 0.324 e. The fourth-order valence-corrected chi connectivity index (χ4v) is 3.45. The van der Waals surface area contributed by atoms with E-state index >= 15 is 0 Å². The summed E-state index contributed by atoms with van der Waals surface area (Å²) in [4.78, 5) is 21.3. The fourth-order valence-electron chi connectivity index (χ4n) is 3.45. The monoisotopic (exact) mass is 387 g/mol. The Bertz CT molecular complexity index is 907. The van der Waals surface area contributed by atoms with Gasteiger partial charge in [-0.2, -0.15) is 0 Å². The van der Waals surface area contributed by atoms with Crippen molar-refractivity contribution < 1.29 is 4.79 Å². The van der Waals surface area contributed by atoms with Crippen LogP contribution < -0.4 is 15.5 Å². The zero-order chi connectivity index (χ0) is 19.9. The Balaban J connectivity index is 1.27. The van der Waals surface area contributed by atoms with Crippen molar-refractivity contribution in [2.24, 2.45) is 0 Å². The molecule has 0 spiro atoms. The molecule has 2 amide bonds. The van der Waals surface area contributed by atoms with Crippen LogP contribution in [0.5, 0.6) is 0 Å². The highest BCUT2D eigenvalue weighted by Crippen LogP contribution is 2.18. The Morgan fingerprint density at radius 3 is 2.17 bits per heavy atom. The van der Waals surface area contributed by atoms with Gasteiger partial charge in [0.25, 0.3) is 0 Å². The van der Waals surface area contributed by atoms with Gasteiger partial charge >= 0.3 is 6.03 Å². The molecule has 1 aliphatic rings. The second-order valence-electron chi connectivity index (χ2n) is 7.10. The number of urea groups is 1. The minimum atomic E-state index is -0.300. The molecule has 2 aromatic carbocycles. The minimum Gasteiger partial charge on any atom is -0.368 e. The zero-order valence-electron chi connectivity index (χ0n) is 16.3. The first-order valence-electron chi connectivity index (χ1n) is 9.86. The molecular formula is C23H25N5O. The third-order valence-corrected chi connectivity index (χ3v) is 5.01. The van der Waals surface area contributed by atoms with Crippen molar-refractivity contribution in [2.45, 2.75) is 6.54 Å². The SMILES string of the molecule is O=C(Nc1ccccc1)Nc1ccc(N2CCN(Cc3ccccc3)CC2)cn1. The van der Waals surface area contributed by atoms with Crippen molar-refractivity contribution in [3.05, 3.63) is 84.6 Å². The summed E-state index contributed by atoms with van der Waals surface area (Å²) in [5.41, 5.74) is 3.18. The third-order valence-electron chi connectivity index (χ3n) is 5.01. The second kappa shape index (κ2) is 9.21. The fraction of sp³-hybridized carbons (Fsp3) is 0.217. The molecule has 3 aromatic rings. The first-order chi connectivity index (χ1) is 14.3. The van der Waals surface area contributed by atoms with Gasteiger partial charge in [-0.15, -0.1) is 0 Å². The first kappa shape index (κ1) is 19.0. The minimum absolute atomic E-state index is 0.300. The van der Waals surface area contributed by atoms with Crippen LogP contribution >= 0.6 is 0 Å². The number of amides is 2. The second-order valence-corrected chi connectivity index (χ2v) is 7.10. The normalized spacial score (nSPS) is 14.4. The van der Waals surface area contributed by atoms with Crippen LogP contribution in [0.15, 0.2) is 79.0 Å². The molecule has 1 aromatic heterocycles. The molecule has 0 bridgehead atoms. The lowest BCUT2D eigenvalue weighted by Crippen LogP contribution is -2.46. The van der Waals surface area contributed by atoms with Gasteiger partial charge in [-0.25, -0.2) is 9.78 Å². The summed E-state index contributed by atoms with van der Waals surface area (Å²) in [5.74, 6) is 0.532. The molecule has 4 rings (SSSR count). The Morgan fingerprint density at radius 2 is 1.52 bits per heavy atom. The largest absolute Gasteiger partial charge is 0.368 e. The summed E-state index contributed by atoms with van der Waals surface area (Å²) in [7, 11) is 0. The molecule has 148 valence electrons. The van der Waals surface area contributed by atoms with Crippen LogP contribution in [0, 0.1) is 0 Å². The van der Waals surface area contributed by atoms with Gasteiger partial charge in [0.05, 0.1) is 11.9 Å². The van der Waals surface area contributed by atoms with E-state index in [1.807, 2.05) is 48.7 Å². The number of nitrogens with one attached hydrogen (secondary N) is 2. The molecule has 1 saturated heterocycles. The summed E-state index contributed by atoms with van der Waals surface area (Å²) in [5, 5.41) is 5.55. The number of nitrogens with zero attached hydrogens (tertiary/aromatic N) is 3. The lowest BCUT2D eigenvalue weighted by atomic mass is 10.2. The van der Waals surface area contributed by atoms with E-state index in [0.29, 0.717) is 5.82 Å². The first-order valence-corrected chi connectivity index (χ1v) is 9.86. The molecule has 29 heavy (non-hydrogen) atoms. The summed E-state index contributed by atoms with van der Waals surface area (Å²) in [6, 6.07) is 23.5. The maximum atomic E-state index is 12.1. The molecule has 0 radical (unpaired) electrons. The number of piperazine rings is 1. The van der Waals surface area contributed by atoms with Crippen LogP contribution in [0.2, 0.25) is 0 Å². The van der Waals surface area contributed by atoms with Crippen LogP contribution in [0.3, 0.4) is 0 Å². The highest BCUT2D eigenvalue weighted by atomic mass is 16.2. The Hall–Kier alpha value is -3.38. The zero-order valence-corrected chi connectivity index (χ0v) is 16.3. The van der Waals surface area contributed by atoms with Gasteiger partial charge in [-0.3, -0.25) is 10.2 Å². The standard InChI is InChI=1S/C23H25N5O/c29-23(25-20-9-5-2-6-10-20)26-22-12-11-21(17-24-22)28-15-13-27(14-16-28)18-19-7-3-1-4-8-19/h1-12,17H,13-16,18H2,(H2,24,25,26,29). The number of pyridine rings is 1. The van der Waals surface area contributed by atoms with Gasteiger partial charge in [-0.1, -0.05) is 48.5 Å². The Kier molecular flexibility index (Phi) is 6.02. The van der Waals surface area contributed by atoms with Gasteiger partial charge in [0.1, 0.15) is 5.82 Å². The molecule has 1 aliphatic heterocycles. The van der Waals surface area contributed by atoms with E-state index in [-0.39, 0.29) is 6.03 Å². The predicted octanol–water partition coefficient (Wildman–Crippen LogP) is 4.05. The number of hydrogen-bond acceptors (Lipinski definition) is 4. The molecule has 6 heteroatoms. The molecular weight excluding hydrogens is 362 g/mol. The van der Waals surface area contributed by atoms with Crippen molar-refractivity contribution in [3.8, 4) is 0 Å². The summed E-state index contributed by atoms with van der Waals surface area (Å²) >= 11 is 0. The molecule has 1 fully saturated rings. The van der Waals surface area contributed by atoms with Crippen LogP contribution in [0.1, 0.15) is 5.56 Å². The van der Waals surface area contributed by atoms with E-state index in [9.17, 15) is 4.79 Å². The number of aromatic nitrogens is 1. The van der Waals surface area contributed by atoms with Crippen LogP contribution in [-0.2, 0) is 6.54 Å². The van der Waals surface area contributed by atoms with E-state index in [1.165, 1.54) is 5.56 Å². The molecule has 6 nitrogen and oxygen atoms in total. The van der Waals surface area contributed by atoms with E-state index in [0.717, 1.165) is 44.1 Å². The number of carbonyl (C=O) groups is 1. The van der Waals surface area contributed by atoms with E-state index in [2.05, 4.69) is 55.7 Å². The topological polar surface area (TPSA) is 60.5 Å². The quantitative estimate of drug-likeness (QED) is 0.693. The number of anilines is 3. The number of hydrogen-bond donors (Lipinski definition) is 2. The lowest BCUT2D eigenvalue weighted by Gasteiger charge is -2.36. The molecule has 0 atom stereocenters. The van der Waals surface area contributed by atoms with Gasteiger partial charge < -0.3 is 10.2 Å². The smallest absolute Gasteiger partial charge is 0.324 e. The number of benzene rings is 2. The van der Waals surface area contributed by atoms with E-state index in [1.54, 1.807) is 0 Å². The third kappa shape index (κ3) is 5.33.